The fourth-order valence-corrected chi connectivity index (χ4v) is 4.93. The molecule has 0 aliphatic heterocycles. The lowest BCUT2D eigenvalue weighted by molar-refractivity contribution is 0.291. The molecule has 1 aromatic carbocycles. The highest BCUT2D eigenvalue weighted by molar-refractivity contribution is 6.75. The molecule has 0 amide bonds. The molecule has 0 aliphatic rings. The Morgan fingerprint density at radius 3 is 1.83 bits per heavy atom. The summed E-state index contributed by atoms with van der Waals surface area (Å²) in [4.78, 5) is 0. The van der Waals surface area contributed by atoms with E-state index < -0.39 is 8.32 Å². The van der Waals surface area contributed by atoms with E-state index in [2.05, 4.69) is 31.9 Å². The Bertz CT molecular complexity index is 357. The van der Waals surface area contributed by atoms with Crippen molar-refractivity contribution in [3.8, 4) is 0 Å². The van der Waals surface area contributed by atoms with Gasteiger partial charge in [0, 0.05) is 0 Å². The second kappa shape index (κ2) is 7.85. The van der Waals surface area contributed by atoms with Gasteiger partial charge in [0.1, 0.15) is 0 Å². The molecule has 0 bridgehead atoms. The van der Waals surface area contributed by atoms with Gasteiger partial charge in [-0.3, -0.25) is 0 Å². The van der Waals surface area contributed by atoms with Crippen LogP contribution in [0.5, 0.6) is 0 Å². The van der Waals surface area contributed by atoms with Gasteiger partial charge < -0.3 is 4.43 Å². The van der Waals surface area contributed by atoms with Gasteiger partial charge in [-0.2, -0.15) is 0 Å². The minimum absolute atomic E-state index is 0.669. The lowest BCUT2D eigenvalue weighted by atomic mass is 10.2. The van der Waals surface area contributed by atoms with Crippen LogP contribution >= 0.6 is 0 Å². The minimum atomic E-state index is -1.83. The van der Waals surface area contributed by atoms with Crippen molar-refractivity contribution >= 4 is 8.32 Å². The molecule has 1 nitrogen and oxygen atoms in total. The molecule has 0 spiro atoms. The van der Waals surface area contributed by atoms with Crippen LogP contribution in [0.3, 0.4) is 0 Å². The van der Waals surface area contributed by atoms with E-state index in [-0.39, 0.29) is 0 Å². The van der Waals surface area contributed by atoms with Crippen LogP contribution in [0, 0.1) is 0 Å². The highest BCUT2D eigenvalue weighted by atomic mass is 28.4. The van der Waals surface area contributed by atoms with Crippen molar-refractivity contribution in [1.29, 1.82) is 0 Å². The van der Waals surface area contributed by atoms with Crippen molar-refractivity contribution in [3.63, 3.8) is 0 Å². The Morgan fingerprint density at radius 2 is 1.39 bits per heavy atom. The highest BCUT2D eigenvalue weighted by Gasteiger charge is 2.30. The van der Waals surface area contributed by atoms with Gasteiger partial charge in [0.25, 0.3) is 0 Å². The van der Waals surface area contributed by atoms with E-state index in [1.807, 2.05) is 36.4 Å². The van der Waals surface area contributed by atoms with Crippen molar-refractivity contribution in [3.05, 3.63) is 73.9 Å². The monoisotopic (exact) mass is 258 g/mol. The summed E-state index contributed by atoms with van der Waals surface area (Å²) in [7, 11) is -1.83. The SMILES string of the molecule is C=CC[Si](CC=C)(CC=C)OCc1ccccc1. The first-order valence-electron chi connectivity index (χ1n) is 6.27. The van der Waals surface area contributed by atoms with Crippen molar-refractivity contribution in [2.45, 2.75) is 24.7 Å². The number of rotatable bonds is 9. The lowest BCUT2D eigenvalue weighted by Gasteiger charge is -2.28. The Labute approximate surface area is 112 Å². The standard InChI is InChI=1S/C16H22OSi/c1-4-12-18(13-5-2,14-6-3)17-15-16-10-8-7-9-11-16/h4-11H,1-3,12-15H2. The van der Waals surface area contributed by atoms with E-state index in [9.17, 15) is 0 Å². The Balaban J connectivity index is 2.72. The average Bonchev–Trinajstić information content (AvgIpc) is 2.39. The number of benzene rings is 1. The second-order valence-electron chi connectivity index (χ2n) is 4.44. The molecule has 0 saturated heterocycles. The van der Waals surface area contributed by atoms with Crippen LogP contribution in [0.4, 0.5) is 0 Å². The highest BCUT2D eigenvalue weighted by Crippen LogP contribution is 2.25. The Kier molecular flexibility index (Phi) is 6.40. The zero-order chi connectivity index (χ0) is 13.3. The van der Waals surface area contributed by atoms with Gasteiger partial charge in [-0.25, -0.2) is 0 Å². The van der Waals surface area contributed by atoms with Crippen LogP contribution in [0.25, 0.3) is 0 Å². The molecule has 1 rings (SSSR count). The van der Waals surface area contributed by atoms with Gasteiger partial charge >= 0.3 is 0 Å². The third kappa shape index (κ3) is 4.47. The Morgan fingerprint density at radius 1 is 0.889 bits per heavy atom. The summed E-state index contributed by atoms with van der Waals surface area (Å²) in [5.41, 5.74) is 1.21. The molecule has 0 aromatic heterocycles. The maximum atomic E-state index is 6.26. The fourth-order valence-electron chi connectivity index (χ4n) is 2.03. The smallest absolute Gasteiger partial charge is 0.204 e. The van der Waals surface area contributed by atoms with E-state index in [0.717, 1.165) is 18.1 Å². The van der Waals surface area contributed by atoms with Gasteiger partial charge in [0.15, 0.2) is 0 Å². The van der Waals surface area contributed by atoms with E-state index in [1.54, 1.807) is 0 Å². The molecular formula is C16H22OSi. The number of hydrogen-bond acceptors (Lipinski definition) is 1. The first-order chi connectivity index (χ1) is 8.76. The third-order valence-electron chi connectivity index (χ3n) is 2.94. The summed E-state index contributed by atoms with van der Waals surface area (Å²) >= 11 is 0. The first kappa shape index (κ1) is 14.7. The molecule has 18 heavy (non-hydrogen) atoms. The summed E-state index contributed by atoms with van der Waals surface area (Å²) < 4.78 is 6.26. The third-order valence-corrected chi connectivity index (χ3v) is 6.79. The quantitative estimate of drug-likeness (QED) is 0.460. The molecule has 2 heteroatoms. The molecule has 0 heterocycles. The van der Waals surface area contributed by atoms with Gasteiger partial charge in [-0.15, -0.1) is 19.7 Å². The molecule has 0 N–H and O–H groups in total. The van der Waals surface area contributed by atoms with Crippen LogP contribution < -0.4 is 0 Å². The molecule has 0 unspecified atom stereocenters. The lowest BCUT2D eigenvalue weighted by Crippen LogP contribution is -2.36. The summed E-state index contributed by atoms with van der Waals surface area (Å²) in [5, 5.41) is 0. The van der Waals surface area contributed by atoms with Gasteiger partial charge in [0.2, 0.25) is 8.32 Å². The van der Waals surface area contributed by atoms with Crippen molar-refractivity contribution < 1.29 is 4.43 Å². The first-order valence-corrected chi connectivity index (χ1v) is 8.80. The molecule has 0 radical (unpaired) electrons. The second-order valence-corrected chi connectivity index (χ2v) is 8.32. The Hall–Kier alpha value is -1.38. The normalized spacial score (nSPS) is 10.9. The average molecular weight is 258 g/mol. The zero-order valence-corrected chi connectivity index (χ0v) is 12.0. The van der Waals surface area contributed by atoms with Gasteiger partial charge in [-0.05, 0) is 23.7 Å². The van der Waals surface area contributed by atoms with E-state index >= 15 is 0 Å². The fraction of sp³-hybridized carbons (Fsp3) is 0.250. The molecule has 0 atom stereocenters. The summed E-state index contributed by atoms with van der Waals surface area (Å²) in [6, 6.07) is 13.1. The van der Waals surface area contributed by atoms with Crippen LogP contribution in [0.2, 0.25) is 18.1 Å². The minimum Gasteiger partial charge on any atom is -0.412 e. The van der Waals surface area contributed by atoms with E-state index in [4.69, 9.17) is 4.43 Å². The van der Waals surface area contributed by atoms with Crippen LogP contribution in [-0.2, 0) is 11.0 Å². The van der Waals surface area contributed by atoms with Crippen molar-refractivity contribution in [1.82, 2.24) is 0 Å². The van der Waals surface area contributed by atoms with Crippen LogP contribution in [-0.4, -0.2) is 8.32 Å². The van der Waals surface area contributed by atoms with E-state index in [0.29, 0.717) is 6.61 Å². The summed E-state index contributed by atoms with van der Waals surface area (Å²) in [5.74, 6) is 0. The maximum absolute atomic E-state index is 6.26. The van der Waals surface area contributed by atoms with Crippen molar-refractivity contribution in [2.24, 2.45) is 0 Å². The molecule has 0 fully saturated rings. The van der Waals surface area contributed by atoms with Gasteiger partial charge in [0.05, 0.1) is 6.61 Å². The number of allylic oxidation sites excluding steroid dienone is 3. The van der Waals surface area contributed by atoms with Gasteiger partial charge in [-0.1, -0.05) is 48.6 Å². The zero-order valence-electron chi connectivity index (χ0n) is 11.0. The van der Waals surface area contributed by atoms with Crippen LogP contribution in [0.15, 0.2) is 68.3 Å². The predicted molar refractivity (Wildman–Crippen MR) is 82.0 cm³/mol. The molecule has 0 saturated carbocycles. The molecular weight excluding hydrogens is 236 g/mol. The molecule has 0 aliphatic carbocycles. The topological polar surface area (TPSA) is 9.23 Å². The summed E-state index contributed by atoms with van der Waals surface area (Å²) in [6.07, 6.45) is 5.89. The van der Waals surface area contributed by atoms with Crippen molar-refractivity contribution in [2.75, 3.05) is 0 Å². The molecule has 96 valence electrons. The molecule has 1 aromatic rings. The maximum Gasteiger partial charge on any atom is 0.204 e. The number of hydrogen-bond donors (Lipinski definition) is 0. The summed E-state index contributed by atoms with van der Waals surface area (Å²) in [6.45, 7) is 12.2. The largest absolute Gasteiger partial charge is 0.412 e. The predicted octanol–water partition coefficient (Wildman–Crippen LogP) is 4.71. The van der Waals surface area contributed by atoms with E-state index in [1.165, 1.54) is 5.56 Å². The van der Waals surface area contributed by atoms with Crippen LogP contribution in [0.1, 0.15) is 5.56 Å².